The van der Waals surface area contributed by atoms with E-state index in [4.69, 9.17) is 4.18 Å². The molecule has 0 aliphatic heterocycles. The first-order valence-corrected chi connectivity index (χ1v) is 7.95. The Morgan fingerprint density at radius 2 is 1.78 bits per heavy atom. The predicted octanol–water partition coefficient (Wildman–Crippen LogP) is 2.75. The summed E-state index contributed by atoms with van der Waals surface area (Å²) in [4.78, 5) is 0.263. The van der Waals surface area contributed by atoms with Crippen LogP contribution in [-0.2, 0) is 14.3 Å². The highest BCUT2D eigenvalue weighted by Gasteiger charge is 2.52. The maximum Gasteiger partial charge on any atom is 0.296 e. The second kappa shape index (κ2) is 4.35. The fourth-order valence-electron chi connectivity index (χ4n) is 3.16. The lowest BCUT2D eigenvalue weighted by molar-refractivity contribution is 0.282. The Morgan fingerprint density at radius 3 is 2.39 bits per heavy atom. The molecule has 0 N–H and O–H groups in total. The molecule has 3 rings (SSSR count). The first kappa shape index (κ1) is 12.2. The van der Waals surface area contributed by atoms with Gasteiger partial charge >= 0.3 is 0 Å². The number of hydrogen-bond acceptors (Lipinski definition) is 3. The van der Waals surface area contributed by atoms with Crippen LogP contribution in [0.5, 0.6) is 0 Å². The van der Waals surface area contributed by atoms with Gasteiger partial charge in [-0.15, -0.1) is 0 Å². The molecule has 0 spiro atoms. The molecule has 0 radical (unpaired) electrons. The van der Waals surface area contributed by atoms with Gasteiger partial charge in [0.05, 0.1) is 11.5 Å². The van der Waals surface area contributed by atoms with E-state index in [1.54, 1.807) is 24.3 Å². The number of hydrogen-bond donors (Lipinski definition) is 0. The monoisotopic (exact) mass is 266 g/mol. The minimum atomic E-state index is -3.56. The van der Waals surface area contributed by atoms with Gasteiger partial charge < -0.3 is 0 Å². The lowest BCUT2D eigenvalue weighted by Gasteiger charge is -2.07. The molecule has 1 aromatic carbocycles. The molecule has 3 nitrogen and oxygen atoms in total. The number of benzene rings is 1. The van der Waals surface area contributed by atoms with Crippen LogP contribution in [0.1, 0.15) is 24.8 Å². The summed E-state index contributed by atoms with van der Waals surface area (Å²) in [6.07, 6.45) is 3.81. The number of rotatable bonds is 4. The molecule has 2 fully saturated rings. The van der Waals surface area contributed by atoms with Crippen LogP contribution in [-0.4, -0.2) is 15.0 Å². The van der Waals surface area contributed by atoms with Gasteiger partial charge in [-0.3, -0.25) is 4.18 Å². The number of aryl methyl sites for hydroxylation is 1. The molecular formula is C14H18O3S. The molecule has 2 saturated carbocycles. The topological polar surface area (TPSA) is 43.4 Å². The van der Waals surface area contributed by atoms with Gasteiger partial charge in [0.25, 0.3) is 10.1 Å². The first-order valence-electron chi connectivity index (χ1n) is 6.54. The van der Waals surface area contributed by atoms with E-state index in [0.717, 1.165) is 17.4 Å². The van der Waals surface area contributed by atoms with Crippen molar-refractivity contribution in [2.75, 3.05) is 6.61 Å². The maximum atomic E-state index is 12.0. The summed E-state index contributed by atoms with van der Waals surface area (Å²) < 4.78 is 29.1. The Morgan fingerprint density at radius 1 is 1.17 bits per heavy atom. The van der Waals surface area contributed by atoms with E-state index in [2.05, 4.69) is 0 Å². The van der Waals surface area contributed by atoms with Crippen molar-refractivity contribution in [2.24, 2.45) is 17.8 Å². The summed E-state index contributed by atoms with van der Waals surface area (Å²) in [5.41, 5.74) is 1.05. The molecule has 2 aliphatic carbocycles. The zero-order valence-corrected chi connectivity index (χ0v) is 11.3. The van der Waals surface area contributed by atoms with Gasteiger partial charge in [0, 0.05) is 0 Å². The van der Waals surface area contributed by atoms with Crippen molar-refractivity contribution in [2.45, 2.75) is 31.1 Å². The standard InChI is InChI=1S/C14H18O3S/c1-10-5-7-11(8-6-10)18(15,16)17-9-14-12-3-2-4-13(12)14/h5-8,12-14H,2-4,9H2,1H3. The quantitative estimate of drug-likeness (QED) is 0.787. The van der Waals surface area contributed by atoms with Gasteiger partial charge in [0.2, 0.25) is 0 Å². The third kappa shape index (κ3) is 2.19. The van der Waals surface area contributed by atoms with Crippen molar-refractivity contribution < 1.29 is 12.6 Å². The van der Waals surface area contributed by atoms with Crippen molar-refractivity contribution in [3.63, 3.8) is 0 Å². The van der Waals surface area contributed by atoms with Gasteiger partial charge in [-0.2, -0.15) is 8.42 Å². The van der Waals surface area contributed by atoms with Crippen LogP contribution in [0.25, 0.3) is 0 Å². The normalized spacial score (nSPS) is 30.2. The average molecular weight is 266 g/mol. The minimum Gasteiger partial charge on any atom is -0.266 e. The van der Waals surface area contributed by atoms with Gasteiger partial charge in [0.15, 0.2) is 0 Å². The fourth-order valence-corrected chi connectivity index (χ4v) is 4.10. The Kier molecular flexibility index (Phi) is 2.94. The predicted molar refractivity (Wildman–Crippen MR) is 68.6 cm³/mol. The zero-order chi connectivity index (χ0) is 12.8. The molecule has 2 aliphatic rings. The smallest absolute Gasteiger partial charge is 0.266 e. The van der Waals surface area contributed by atoms with Crippen molar-refractivity contribution in [3.8, 4) is 0 Å². The van der Waals surface area contributed by atoms with Crippen LogP contribution in [0.15, 0.2) is 29.2 Å². The molecule has 0 bridgehead atoms. The third-order valence-corrected chi connectivity index (χ3v) is 5.61. The SMILES string of the molecule is Cc1ccc(S(=O)(=O)OCC2C3CCCC32)cc1. The maximum absolute atomic E-state index is 12.0. The van der Waals surface area contributed by atoms with Gasteiger partial charge in [-0.25, -0.2) is 0 Å². The molecule has 2 atom stereocenters. The lowest BCUT2D eigenvalue weighted by Crippen LogP contribution is -2.10. The molecule has 0 saturated heterocycles. The summed E-state index contributed by atoms with van der Waals surface area (Å²) in [5, 5.41) is 0. The Labute approximate surface area is 108 Å². The second-order valence-corrected chi connectivity index (χ2v) is 7.09. The number of fused-ring (bicyclic) bond motifs is 1. The van der Waals surface area contributed by atoms with Crippen molar-refractivity contribution in [3.05, 3.63) is 29.8 Å². The van der Waals surface area contributed by atoms with Gasteiger partial charge in [-0.05, 0) is 49.7 Å². The van der Waals surface area contributed by atoms with Crippen molar-refractivity contribution in [1.82, 2.24) is 0 Å². The largest absolute Gasteiger partial charge is 0.296 e. The second-order valence-electron chi connectivity index (χ2n) is 5.47. The molecule has 0 amide bonds. The average Bonchev–Trinajstić information content (AvgIpc) is 2.78. The van der Waals surface area contributed by atoms with E-state index in [0.29, 0.717) is 12.5 Å². The van der Waals surface area contributed by atoms with Crippen molar-refractivity contribution >= 4 is 10.1 Å². The summed E-state index contributed by atoms with van der Waals surface area (Å²) in [5.74, 6) is 1.95. The summed E-state index contributed by atoms with van der Waals surface area (Å²) in [6, 6.07) is 6.81. The molecule has 1 aromatic rings. The Hall–Kier alpha value is -0.870. The Balaban J connectivity index is 1.63. The molecule has 18 heavy (non-hydrogen) atoms. The van der Waals surface area contributed by atoms with Crippen molar-refractivity contribution in [1.29, 1.82) is 0 Å². The highest BCUT2D eigenvalue weighted by molar-refractivity contribution is 7.86. The van der Waals surface area contributed by atoms with E-state index in [-0.39, 0.29) is 4.90 Å². The zero-order valence-electron chi connectivity index (χ0n) is 10.5. The fraction of sp³-hybridized carbons (Fsp3) is 0.571. The molecule has 0 aromatic heterocycles. The molecule has 2 unspecified atom stereocenters. The van der Waals surface area contributed by atoms with E-state index < -0.39 is 10.1 Å². The highest BCUT2D eigenvalue weighted by Crippen LogP contribution is 2.57. The first-order chi connectivity index (χ1) is 8.58. The van der Waals surface area contributed by atoms with Crippen LogP contribution >= 0.6 is 0 Å². The summed E-state index contributed by atoms with van der Waals surface area (Å²) >= 11 is 0. The van der Waals surface area contributed by atoms with Crippen LogP contribution in [0.3, 0.4) is 0 Å². The Bertz CT molecular complexity index is 523. The summed E-state index contributed by atoms with van der Waals surface area (Å²) in [6.45, 7) is 2.30. The van der Waals surface area contributed by atoms with E-state index in [1.807, 2.05) is 6.92 Å². The van der Waals surface area contributed by atoms with Crippen LogP contribution in [0, 0.1) is 24.7 Å². The third-order valence-electron chi connectivity index (χ3n) is 4.31. The lowest BCUT2D eigenvalue weighted by atomic mass is 10.2. The van der Waals surface area contributed by atoms with E-state index in [9.17, 15) is 8.42 Å². The van der Waals surface area contributed by atoms with Crippen LogP contribution in [0.2, 0.25) is 0 Å². The molecular weight excluding hydrogens is 248 g/mol. The molecule has 0 heterocycles. The van der Waals surface area contributed by atoms with Gasteiger partial charge in [-0.1, -0.05) is 24.1 Å². The summed E-state index contributed by atoms with van der Waals surface area (Å²) in [7, 11) is -3.56. The van der Waals surface area contributed by atoms with Gasteiger partial charge in [0.1, 0.15) is 0 Å². The van der Waals surface area contributed by atoms with E-state index in [1.165, 1.54) is 19.3 Å². The van der Waals surface area contributed by atoms with Crippen LogP contribution < -0.4 is 0 Å². The highest BCUT2D eigenvalue weighted by atomic mass is 32.2. The molecule has 98 valence electrons. The minimum absolute atomic E-state index is 0.263. The van der Waals surface area contributed by atoms with E-state index >= 15 is 0 Å². The molecule has 4 heteroatoms. The van der Waals surface area contributed by atoms with Crippen LogP contribution in [0.4, 0.5) is 0 Å².